The van der Waals surface area contributed by atoms with Crippen LogP contribution in [0.4, 0.5) is 0 Å². The van der Waals surface area contributed by atoms with Gasteiger partial charge in [-0.2, -0.15) is 0 Å². The van der Waals surface area contributed by atoms with Gasteiger partial charge in [-0.1, -0.05) is 29.8 Å². The molecule has 2 aromatic carbocycles. The number of aryl methyl sites for hydroxylation is 3. The SMILES string of the molecule is COC(=O)C(CCCN1C(=O)c2ccccc2C1=O)Cc1c(C)cc(C)cc1C. The van der Waals surface area contributed by atoms with E-state index in [9.17, 15) is 14.4 Å². The molecule has 1 aliphatic rings. The molecule has 152 valence electrons. The van der Waals surface area contributed by atoms with Crippen LogP contribution in [0, 0.1) is 26.7 Å². The molecule has 29 heavy (non-hydrogen) atoms. The van der Waals surface area contributed by atoms with Gasteiger partial charge in [-0.15, -0.1) is 0 Å². The molecule has 5 heteroatoms. The quantitative estimate of drug-likeness (QED) is 0.526. The summed E-state index contributed by atoms with van der Waals surface area (Å²) in [5.74, 6) is -1.09. The lowest BCUT2D eigenvalue weighted by Gasteiger charge is -2.20. The largest absolute Gasteiger partial charge is 0.469 e. The van der Waals surface area contributed by atoms with Crippen molar-refractivity contribution < 1.29 is 19.1 Å². The normalized spacial score (nSPS) is 14.1. The molecule has 0 fully saturated rings. The highest BCUT2D eigenvalue weighted by molar-refractivity contribution is 6.21. The van der Waals surface area contributed by atoms with E-state index < -0.39 is 0 Å². The van der Waals surface area contributed by atoms with Crippen LogP contribution in [0.1, 0.15) is 55.8 Å². The number of carbonyl (C=O) groups is 3. The molecule has 1 heterocycles. The minimum Gasteiger partial charge on any atom is -0.469 e. The summed E-state index contributed by atoms with van der Waals surface area (Å²) in [6, 6.07) is 11.1. The molecule has 0 bridgehead atoms. The van der Waals surface area contributed by atoms with Crippen LogP contribution in [0.25, 0.3) is 0 Å². The number of amides is 2. The maximum atomic E-state index is 12.5. The highest BCUT2D eigenvalue weighted by Crippen LogP contribution is 2.25. The second-order valence-electron chi connectivity index (χ2n) is 7.75. The van der Waals surface area contributed by atoms with E-state index >= 15 is 0 Å². The van der Waals surface area contributed by atoms with Crippen LogP contribution in [-0.4, -0.2) is 36.3 Å². The van der Waals surface area contributed by atoms with Gasteiger partial charge in [0.1, 0.15) is 0 Å². The van der Waals surface area contributed by atoms with E-state index in [1.807, 2.05) is 0 Å². The molecule has 5 nitrogen and oxygen atoms in total. The molecule has 0 aromatic heterocycles. The highest BCUT2D eigenvalue weighted by atomic mass is 16.5. The summed E-state index contributed by atoms with van der Waals surface area (Å²) in [6.07, 6.45) is 1.69. The second kappa shape index (κ2) is 8.60. The van der Waals surface area contributed by atoms with Crippen LogP contribution < -0.4 is 0 Å². The van der Waals surface area contributed by atoms with E-state index in [2.05, 4.69) is 32.9 Å². The summed E-state index contributed by atoms with van der Waals surface area (Å²) in [5, 5.41) is 0. The third-order valence-electron chi connectivity index (χ3n) is 5.64. The minimum absolute atomic E-state index is 0.258. The average Bonchev–Trinajstić information content (AvgIpc) is 2.93. The number of ether oxygens (including phenoxy) is 1. The number of fused-ring (bicyclic) bond motifs is 1. The summed E-state index contributed by atoms with van der Waals surface area (Å²) < 4.78 is 5.02. The van der Waals surface area contributed by atoms with Gasteiger partial charge in [-0.25, -0.2) is 0 Å². The lowest BCUT2D eigenvalue weighted by Crippen LogP contribution is -2.31. The molecule has 1 aliphatic heterocycles. The Hall–Kier alpha value is -2.95. The molecule has 1 atom stereocenters. The van der Waals surface area contributed by atoms with Crippen molar-refractivity contribution in [3.63, 3.8) is 0 Å². The third kappa shape index (κ3) is 4.24. The van der Waals surface area contributed by atoms with Gasteiger partial charge >= 0.3 is 5.97 Å². The molecular weight excluding hydrogens is 366 g/mol. The van der Waals surface area contributed by atoms with Crippen LogP contribution in [0.3, 0.4) is 0 Å². The van der Waals surface area contributed by atoms with Crippen LogP contribution >= 0.6 is 0 Å². The van der Waals surface area contributed by atoms with Crippen molar-refractivity contribution in [1.82, 2.24) is 4.90 Å². The fraction of sp³-hybridized carbons (Fsp3) is 0.375. The predicted molar refractivity (Wildman–Crippen MR) is 111 cm³/mol. The Labute approximate surface area is 171 Å². The van der Waals surface area contributed by atoms with Gasteiger partial charge in [-0.3, -0.25) is 19.3 Å². The number of carbonyl (C=O) groups excluding carboxylic acids is 3. The molecule has 2 amide bonds. The zero-order valence-electron chi connectivity index (χ0n) is 17.5. The smallest absolute Gasteiger partial charge is 0.308 e. The van der Waals surface area contributed by atoms with E-state index in [1.165, 1.54) is 17.6 Å². The standard InChI is InChI=1S/C24H27NO4/c1-15-12-16(2)21(17(3)13-15)14-18(24(28)29-4)8-7-11-25-22(26)19-9-5-6-10-20(19)23(25)27/h5-6,9-10,12-13,18H,7-8,11,14H2,1-4H3. The molecule has 0 N–H and O–H groups in total. The van der Waals surface area contributed by atoms with Crippen molar-refractivity contribution in [2.24, 2.45) is 5.92 Å². The predicted octanol–water partition coefficient (Wildman–Crippen LogP) is 4.02. The topological polar surface area (TPSA) is 63.7 Å². The van der Waals surface area contributed by atoms with Crippen LogP contribution in [-0.2, 0) is 16.0 Å². The number of benzene rings is 2. The van der Waals surface area contributed by atoms with Crippen LogP contribution in [0.2, 0.25) is 0 Å². The Balaban J connectivity index is 1.68. The van der Waals surface area contributed by atoms with Gasteiger partial charge in [0, 0.05) is 6.54 Å². The minimum atomic E-state index is -0.310. The van der Waals surface area contributed by atoms with E-state index in [0.29, 0.717) is 36.9 Å². The van der Waals surface area contributed by atoms with E-state index in [1.54, 1.807) is 24.3 Å². The summed E-state index contributed by atoms with van der Waals surface area (Å²) in [4.78, 5) is 38.6. The van der Waals surface area contributed by atoms with Crippen molar-refractivity contribution >= 4 is 17.8 Å². The molecule has 0 saturated heterocycles. The monoisotopic (exact) mass is 393 g/mol. The first kappa shape index (κ1) is 20.8. The maximum Gasteiger partial charge on any atom is 0.308 e. The Morgan fingerprint density at radius 1 is 1.00 bits per heavy atom. The number of hydrogen-bond donors (Lipinski definition) is 0. The van der Waals surface area contributed by atoms with Gasteiger partial charge in [0.2, 0.25) is 0 Å². The van der Waals surface area contributed by atoms with Gasteiger partial charge < -0.3 is 4.74 Å². The summed E-state index contributed by atoms with van der Waals surface area (Å²) in [6.45, 7) is 6.47. The summed E-state index contributed by atoms with van der Waals surface area (Å²) in [5.41, 5.74) is 5.59. The van der Waals surface area contributed by atoms with E-state index in [0.717, 1.165) is 16.7 Å². The van der Waals surface area contributed by atoms with Crippen molar-refractivity contribution in [1.29, 1.82) is 0 Å². The fourth-order valence-electron chi connectivity index (χ4n) is 4.19. The Bertz CT molecular complexity index is 905. The number of hydrogen-bond acceptors (Lipinski definition) is 4. The molecule has 2 aromatic rings. The molecule has 3 rings (SSSR count). The van der Waals surface area contributed by atoms with Crippen molar-refractivity contribution in [3.05, 3.63) is 69.8 Å². The zero-order valence-corrected chi connectivity index (χ0v) is 17.5. The summed E-state index contributed by atoms with van der Waals surface area (Å²) in [7, 11) is 1.40. The van der Waals surface area contributed by atoms with Gasteiger partial charge in [-0.05, 0) is 68.9 Å². The number of imide groups is 1. The molecule has 0 saturated carbocycles. The molecule has 0 radical (unpaired) electrons. The lowest BCUT2D eigenvalue weighted by atomic mass is 9.89. The van der Waals surface area contributed by atoms with Crippen LogP contribution in [0.5, 0.6) is 0 Å². The first-order chi connectivity index (χ1) is 13.8. The Morgan fingerprint density at radius 3 is 2.07 bits per heavy atom. The van der Waals surface area contributed by atoms with E-state index in [-0.39, 0.29) is 23.7 Å². The number of rotatable bonds is 7. The Morgan fingerprint density at radius 2 is 1.55 bits per heavy atom. The number of methoxy groups -OCH3 is 1. The molecule has 0 spiro atoms. The number of esters is 1. The van der Waals surface area contributed by atoms with Crippen molar-refractivity contribution in [3.8, 4) is 0 Å². The first-order valence-electron chi connectivity index (χ1n) is 9.93. The summed E-state index contributed by atoms with van der Waals surface area (Å²) >= 11 is 0. The fourth-order valence-corrected chi connectivity index (χ4v) is 4.19. The maximum absolute atomic E-state index is 12.5. The molecular formula is C24H27NO4. The second-order valence-corrected chi connectivity index (χ2v) is 7.75. The number of nitrogens with zero attached hydrogens (tertiary/aromatic N) is 1. The molecule has 0 aliphatic carbocycles. The Kier molecular flexibility index (Phi) is 6.16. The third-order valence-corrected chi connectivity index (χ3v) is 5.64. The van der Waals surface area contributed by atoms with E-state index in [4.69, 9.17) is 4.74 Å². The van der Waals surface area contributed by atoms with Crippen molar-refractivity contribution in [2.75, 3.05) is 13.7 Å². The first-order valence-corrected chi connectivity index (χ1v) is 9.93. The van der Waals surface area contributed by atoms with Gasteiger partial charge in [0.15, 0.2) is 0 Å². The zero-order chi connectivity index (χ0) is 21.1. The van der Waals surface area contributed by atoms with Crippen LogP contribution in [0.15, 0.2) is 36.4 Å². The molecule has 1 unspecified atom stereocenters. The van der Waals surface area contributed by atoms with Crippen molar-refractivity contribution in [2.45, 2.75) is 40.0 Å². The lowest BCUT2D eigenvalue weighted by molar-refractivity contribution is -0.145. The van der Waals surface area contributed by atoms with Gasteiger partial charge in [0.25, 0.3) is 11.8 Å². The highest BCUT2D eigenvalue weighted by Gasteiger charge is 2.34. The van der Waals surface area contributed by atoms with Gasteiger partial charge in [0.05, 0.1) is 24.2 Å². The average molecular weight is 393 g/mol.